The van der Waals surface area contributed by atoms with Gasteiger partial charge >= 0.3 is 0 Å². The second-order valence-electron chi connectivity index (χ2n) is 2.51. The molecule has 0 aliphatic rings. The lowest BCUT2D eigenvalue weighted by Crippen LogP contribution is -1.90. The van der Waals surface area contributed by atoms with Gasteiger partial charge in [-0.3, -0.25) is 4.98 Å². The maximum atomic E-state index is 5.56. The second-order valence-corrected chi connectivity index (χ2v) is 4.00. The van der Waals surface area contributed by atoms with Crippen LogP contribution in [0.2, 0.25) is 0 Å². The predicted octanol–water partition coefficient (Wildman–Crippen LogP) is 2.86. The summed E-state index contributed by atoms with van der Waals surface area (Å²) in [5.41, 5.74) is 2.23. The fraction of sp³-hybridized carbons (Fsp3) is 0.444. The second kappa shape index (κ2) is 5.44. The smallest absolute Gasteiger partial charge is 0.0505 e. The van der Waals surface area contributed by atoms with Crippen molar-refractivity contribution in [3.05, 3.63) is 29.6 Å². The van der Waals surface area contributed by atoms with Gasteiger partial charge in [0.05, 0.1) is 5.69 Å². The SMILES string of the molecule is Cc1cccc(CSCCCl)n1. The van der Waals surface area contributed by atoms with Gasteiger partial charge in [0.15, 0.2) is 0 Å². The molecule has 1 aromatic rings. The lowest BCUT2D eigenvalue weighted by atomic mass is 10.3. The summed E-state index contributed by atoms with van der Waals surface area (Å²) in [5, 5.41) is 0. The molecule has 0 aliphatic heterocycles. The van der Waals surface area contributed by atoms with Crippen LogP contribution in [-0.4, -0.2) is 16.6 Å². The highest BCUT2D eigenvalue weighted by Gasteiger charge is 1.94. The molecule has 3 heteroatoms. The van der Waals surface area contributed by atoms with Gasteiger partial charge in [0.2, 0.25) is 0 Å². The lowest BCUT2D eigenvalue weighted by molar-refractivity contribution is 1.11. The van der Waals surface area contributed by atoms with Crippen LogP contribution in [0.4, 0.5) is 0 Å². The van der Waals surface area contributed by atoms with Crippen LogP contribution in [0.5, 0.6) is 0 Å². The topological polar surface area (TPSA) is 12.9 Å². The van der Waals surface area contributed by atoms with Gasteiger partial charge in [-0.15, -0.1) is 11.6 Å². The maximum absolute atomic E-state index is 5.56. The Balaban J connectivity index is 2.41. The van der Waals surface area contributed by atoms with Crippen LogP contribution in [0.15, 0.2) is 18.2 Å². The molecular formula is C9H12ClNS. The number of thioether (sulfide) groups is 1. The largest absolute Gasteiger partial charge is 0.257 e. The highest BCUT2D eigenvalue weighted by Crippen LogP contribution is 2.10. The normalized spacial score (nSPS) is 10.2. The van der Waals surface area contributed by atoms with Crippen LogP contribution in [0.1, 0.15) is 11.4 Å². The molecule has 0 amide bonds. The molecule has 0 atom stereocenters. The Morgan fingerprint density at radius 2 is 2.33 bits per heavy atom. The Morgan fingerprint density at radius 3 is 3.00 bits per heavy atom. The lowest BCUT2D eigenvalue weighted by Gasteiger charge is -1.99. The molecule has 66 valence electrons. The number of aryl methyl sites for hydroxylation is 1. The van der Waals surface area contributed by atoms with E-state index in [1.165, 1.54) is 0 Å². The van der Waals surface area contributed by atoms with E-state index in [0.717, 1.165) is 28.8 Å². The van der Waals surface area contributed by atoms with E-state index in [4.69, 9.17) is 11.6 Å². The van der Waals surface area contributed by atoms with Gasteiger partial charge in [-0.2, -0.15) is 11.8 Å². The highest BCUT2D eigenvalue weighted by molar-refractivity contribution is 7.98. The van der Waals surface area contributed by atoms with Crippen molar-refractivity contribution in [1.82, 2.24) is 4.98 Å². The zero-order valence-corrected chi connectivity index (χ0v) is 8.66. The monoisotopic (exact) mass is 201 g/mol. The molecule has 1 aromatic heterocycles. The molecular weight excluding hydrogens is 190 g/mol. The van der Waals surface area contributed by atoms with E-state index in [9.17, 15) is 0 Å². The van der Waals surface area contributed by atoms with Gasteiger partial charge in [-0.25, -0.2) is 0 Å². The van der Waals surface area contributed by atoms with Crippen LogP contribution in [-0.2, 0) is 5.75 Å². The predicted molar refractivity (Wildman–Crippen MR) is 55.9 cm³/mol. The Bertz CT molecular complexity index is 240. The number of alkyl halides is 1. The first-order valence-electron chi connectivity index (χ1n) is 3.89. The summed E-state index contributed by atoms with van der Waals surface area (Å²) < 4.78 is 0. The minimum absolute atomic E-state index is 0.719. The van der Waals surface area contributed by atoms with Gasteiger partial charge < -0.3 is 0 Å². The first-order valence-corrected chi connectivity index (χ1v) is 5.58. The number of aromatic nitrogens is 1. The summed E-state index contributed by atoms with van der Waals surface area (Å²) in [6.07, 6.45) is 0. The molecule has 12 heavy (non-hydrogen) atoms. The third-order valence-electron chi connectivity index (χ3n) is 1.42. The third kappa shape index (κ3) is 3.46. The summed E-state index contributed by atoms with van der Waals surface area (Å²) in [6.45, 7) is 2.01. The summed E-state index contributed by atoms with van der Waals surface area (Å²) in [6, 6.07) is 6.10. The zero-order chi connectivity index (χ0) is 8.81. The fourth-order valence-corrected chi connectivity index (χ4v) is 1.86. The Hall–Kier alpha value is -0.210. The third-order valence-corrected chi connectivity index (χ3v) is 2.82. The number of halogens is 1. The van der Waals surface area contributed by atoms with Gasteiger partial charge in [0.25, 0.3) is 0 Å². The average molecular weight is 202 g/mol. The number of nitrogens with zero attached hydrogens (tertiary/aromatic N) is 1. The van der Waals surface area contributed by atoms with Crippen molar-refractivity contribution >= 4 is 23.4 Å². The Labute approximate surface area is 82.5 Å². The quantitative estimate of drug-likeness (QED) is 0.549. The van der Waals surface area contributed by atoms with Crippen molar-refractivity contribution in [2.24, 2.45) is 0 Å². The molecule has 0 fully saturated rings. The average Bonchev–Trinajstić information content (AvgIpc) is 2.05. The molecule has 0 N–H and O–H groups in total. The minimum Gasteiger partial charge on any atom is -0.257 e. The van der Waals surface area contributed by atoms with E-state index >= 15 is 0 Å². The molecule has 1 nitrogen and oxygen atoms in total. The van der Waals surface area contributed by atoms with E-state index < -0.39 is 0 Å². The van der Waals surface area contributed by atoms with Crippen LogP contribution in [0.25, 0.3) is 0 Å². The van der Waals surface area contributed by atoms with Crippen molar-refractivity contribution in [1.29, 1.82) is 0 Å². The van der Waals surface area contributed by atoms with E-state index in [1.54, 1.807) is 0 Å². The van der Waals surface area contributed by atoms with Crippen molar-refractivity contribution in [2.45, 2.75) is 12.7 Å². The number of hydrogen-bond acceptors (Lipinski definition) is 2. The number of pyridine rings is 1. The molecule has 0 bridgehead atoms. The van der Waals surface area contributed by atoms with E-state index in [0.29, 0.717) is 0 Å². The van der Waals surface area contributed by atoms with Crippen LogP contribution >= 0.6 is 23.4 Å². The van der Waals surface area contributed by atoms with Crippen molar-refractivity contribution in [3.8, 4) is 0 Å². The molecule has 0 aromatic carbocycles. The van der Waals surface area contributed by atoms with E-state index in [1.807, 2.05) is 36.9 Å². The number of rotatable bonds is 4. The Morgan fingerprint density at radius 1 is 1.50 bits per heavy atom. The van der Waals surface area contributed by atoms with Crippen LogP contribution in [0.3, 0.4) is 0 Å². The summed E-state index contributed by atoms with van der Waals surface area (Å²) in [7, 11) is 0. The molecule has 0 saturated heterocycles. The molecule has 0 unspecified atom stereocenters. The first-order chi connectivity index (χ1) is 5.83. The van der Waals surface area contributed by atoms with Gasteiger partial charge in [0, 0.05) is 23.1 Å². The van der Waals surface area contributed by atoms with Crippen LogP contribution < -0.4 is 0 Å². The van der Waals surface area contributed by atoms with E-state index in [-0.39, 0.29) is 0 Å². The molecule has 0 saturated carbocycles. The van der Waals surface area contributed by atoms with Crippen molar-refractivity contribution in [3.63, 3.8) is 0 Å². The maximum Gasteiger partial charge on any atom is 0.0505 e. The fourth-order valence-electron chi connectivity index (χ4n) is 0.911. The summed E-state index contributed by atoms with van der Waals surface area (Å²) in [4.78, 5) is 4.38. The van der Waals surface area contributed by atoms with Gasteiger partial charge in [0.1, 0.15) is 0 Å². The molecule has 0 aliphatic carbocycles. The summed E-state index contributed by atoms with van der Waals surface area (Å²) in [5.74, 6) is 2.68. The minimum atomic E-state index is 0.719. The molecule has 1 rings (SSSR count). The van der Waals surface area contributed by atoms with Gasteiger partial charge in [-0.1, -0.05) is 6.07 Å². The summed E-state index contributed by atoms with van der Waals surface area (Å²) >= 11 is 7.38. The molecule has 1 heterocycles. The standard InChI is InChI=1S/C9H12ClNS/c1-8-3-2-4-9(11-8)7-12-6-5-10/h2-4H,5-7H2,1H3. The highest BCUT2D eigenvalue weighted by atomic mass is 35.5. The van der Waals surface area contributed by atoms with E-state index in [2.05, 4.69) is 4.98 Å². The van der Waals surface area contributed by atoms with Crippen molar-refractivity contribution < 1.29 is 0 Å². The first kappa shape index (κ1) is 9.87. The number of hydrogen-bond donors (Lipinski definition) is 0. The van der Waals surface area contributed by atoms with Crippen molar-refractivity contribution in [2.75, 3.05) is 11.6 Å². The molecule has 0 radical (unpaired) electrons. The van der Waals surface area contributed by atoms with Gasteiger partial charge in [-0.05, 0) is 19.1 Å². The zero-order valence-electron chi connectivity index (χ0n) is 7.09. The molecule has 0 spiro atoms. The van der Waals surface area contributed by atoms with Crippen LogP contribution in [0, 0.1) is 6.92 Å². The Kier molecular flexibility index (Phi) is 4.48.